The van der Waals surface area contributed by atoms with Crippen LogP contribution in [0, 0.1) is 0 Å². The Hall–Kier alpha value is -2.12. The van der Waals surface area contributed by atoms with E-state index in [1.165, 1.54) is 10.9 Å². The molecule has 20 heavy (non-hydrogen) atoms. The van der Waals surface area contributed by atoms with E-state index in [-0.39, 0.29) is 11.5 Å². The van der Waals surface area contributed by atoms with Crippen LogP contribution in [-0.4, -0.2) is 26.5 Å². The molecule has 2 aromatic heterocycles. The van der Waals surface area contributed by atoms with Gasteiger partial charge >= 0.3 is 6.18 Å². The maximum atomic E-state index is 12.9. The van der Waals surface area contributed by atoms with Gasteiger partial charge in [-0.3, -0.25) is 0 Å². The van der Waals surface area contributed by atoms with E-state index < -0.39 is 11.7 Å². The lowest BCUT2D eigenvalue weighted by Gasteiger charge is -2.12. The van der Waals surface area contributed by atoms with Crippen molar-refractivity contribution in [3.8, 4) is 11.4 Å². The number of halogens is 3. The molecule has 2 rings (SSSR count). The molecule has 0 spiro atoms. The van der Waals surface area contributed by atoms with E-state index in [0.717, 1.165) is 18.6 Å². The maximum Gasteiger partial charge on any atom is 0.416 e. The molecule has 8 heteroatoms. The van der Waals surface area contributed by atoms with Crippen molar-refractivity contribution < 1.29 is 13.2 Å². The van der Waals surface area contributed by atoms with Crippen molar-refractivity contribution >= 4 is 5.82 Å². The molecule has 0 aliphatic carbocycles. The van der Waals surface area contributed by atoms with Crippen molar-refractivity contribution in [2.24, 2.45) is 7.05 Å². The van der Waals surface area contributed by atoms with Crippen LogP contribution in [-0.2, 0) is 13.2 Å². The monoisotopic (exact) mass is 285 g/mol. The fourth-order valence-corrected chi connectivity index (χ4v) is 1.69. The minimum absolute atomic E-state index is 0.186. The number of aromatic nitrogens is 4. The number of alkyl halides is 3. The predicted molar refractivity (Wildman–Crippen MR) is 68.0 cm³/mol. The molecule has 108 valence electrons. The van der Waals surface area contributed by atoms with Gasteiger partial charge in [0.2, 0.25) is 0 Å². The first-order chi connectivity index (χ1) is 9.41. The number of hydrogen-bond donors (Lipinski definition) is 1. The Morgan fingerprint density at radius 3 is 2.60 bits per heavy atom. The van der Waals surface area contributed by atoms with Gasteiger partial charge in [-0.15, -0.1) is 5.10 Å². The topological polar surface area (TPSA) is 55.6 Å². The summed E-state index contributed by atoms with van der Waals surface area (Å²) >= 11 is 0. The van der Waals surface area contributed by atoms with Gasteiger partial charge in [-0.1, -0.05) is 12.1 Å². The number of nitrogens with zero attached hydrogens (tertiary/aromatic N) is 4. The van der Waals surface area contributed by atoms with Crippen LogP contribution in [0.15, 0.2) is 18.3 Å². The van der Waals surface area contributed by atoms with E-state index in [0.29, 0.717) is 12.2 Å². The third-order valence-corrected chi connectivity index (χ3v) is 2.69. The summed E-state index contributed by atoms with van der Waals surface area (Å²) in [5.41, 5.74) is -0.135. The quantitative estimate of drug-likeness (QED) is 0.938. The third kappa shape index (κ3) is 3.06. The van der Waals surface area contributed by atoms with Crippen LogP contribution in [0.1, 0.15) is 18.9 Å². The molecule has 1 N–H and O–H groups in total. The Balaban J connectivity index is 2.48. The molecule has 0 aliphatic rings. The van der Waals surface area contributed by atoms with Gasteiger partial charge in [0, 0.05) is 13.6 Å². The maximum absolute atomic E-state index is 12.9. The second kappa shape index (κ2) is 5.48. The average Bonchev–Trinajstić information content (AvgIpc) is 2.81. The highest BCUT2D eigenvalue weighted by Crippen LogP contribution is 2.33. The van der Waals surface area contributed by atoms with Gasteiger partial charge in [-0.25, -0.2) is 9.67 Å². The van der Waals surface area contributed by atoms with Crippen LogP contribution < -0.4 is 5.32 Å². The minimum atomic E-state index is -4.42. The van der Waals surface area contributed by atoms with E-state index in [9.17, 15) is 13.2 Å². The van der Waals surface area contributed by atoms with Crippen LogP contribution in [0.2, 0.25) is 0 Å². The second-order valence-corrected chi connectivity index (χ2v) is 4.29. The fourth-order valence-electron chi connectivity index (χ4n) is 1.69. The Morgan fingerprint density at radius 2 is 2.05 bits per heavy atom. The van der Waals surface area contributed by atoms with Crippen LogP contribution >= 0.6 is 0 Å². The zero-order chi connectivity index (χ0) is 14.8. The molecule has 0 amide bonds. The molecule has 2 heterocycles. The SMILES string of the molecule is CCCNc1cc(C(F)(F)F)cc(-c2cnnn2C)n1. The lowest BCUT2D eigenvalue weighted by molar-refractivity contribution is -0.137. The highest BCUT2D eigenvalue weighted by molar-refractivity contribution is 5.58. The lowest BCUT2D eigenvalue weighted by atomic mass is 10.2. The van der Waals surface area contributed by atoms with E-state index in [1.807, 2.05) is 6.92 Å². The lowest BCUT2D eigenvalue weighted by Crippen LogP contribution is -2.10. The zero-order valence-electron chi connectivity index (χ0n) is 11.1. The van der Waals surface area contributed by atoms with Crippen molar-refractivity contribution in [3.05, 3.63) is 23.9 Å². The Morgan fingerprint density at radius 1 is 1.30 bits per heavy atom. The summed E-state index contributed by atoms with van der Waals surface area (Å²) in [6, 6.07) is 2.00. The van der Waals surface area contributed by atoms with Crippen LogP contribution in [0.4, 0.5) is 19.0 Å². The highest BCUT2D eigenvalue weighted by atomic mass is 19.4. The number of hydrogen-bond acceptors (Lipinski definition) is 4. The summed E-state index contributed by atoms with van der Waals surface area (Å²) in [4.78, 5) is 4.18. The van der Waals surface area contributed by atoms with Crippen molar-refractivity contribution in [3.63, 3.8) is 0 Å². The van der Waals surface area contributed by atoms with Crippen molar-refractivity contribution in [2.75, 3.05) is 11.9 Å². The van der Waals surface area contributed by atoms with E-state index in [4.69, 9.17) is 0 Å². The molecular weight excluding hydrogens is 271 g/mol. The van der Waals surface area contributed by atoms with Crippen molar-refractivity contribution in [2.45, 2.75) is 19.5 Å². The molecule has 5 nitrogen and oxygen atoms in total. The molecular formula is C12H14F3N5. The molecule has 0 atom stereocenters. The summed E-state index contributed by atoms with van der Waals surface area (Å²) in [5, 5.41) is 10.2. The number of nitrogens with one attached hydrogen (secondary N) is 1. The molecule has 0 unspecified atom stereocenters. The van der Waals surface area contributed by atoms with Gasteiger partial charge < -0.3 is 5.32 Å². The summed E-state index contributed by atoms with van der Waals surface area (Å²) < 4.78 is 40.1. The number of anilines is 1. The average molecular weight is 285 g/mol. The van der Waals surface area contributed by atoms with Crippen molar-refractivity contribution in [1.29, 1.82) is 0 Å². The van der Waals surface area contributed by atoms with Gasteiger partial charge in [0.25, 0.3) is 0 Å². The molecule has 0 radical (unpaired) electrons. The van der Waals surface area contributed by atoms with Crippen molar-refractivity contribution in [1.82, 2.24) is 20.0 Å². The largest absolute Gasteiger partial charge is 0.416 e. The minimum Gasteiger partial charge on any atom is -0.370 e. The molecule has 0 saturated carbocycles. The Kier molecular flexibility index (Phi) is 3.91. The van der Waals surface area contributed by atoms with E-state index in [2.05, 4.69) is 20.6 Å². The van der Waals surface area contributed by atoms with E-state index >= 15 is 0 Å². The Labute approximate surface area is 113 Å². The third-order valence-electron chi connectivity index (χ3n) is 2.69. The van der Waals surface area contributed by atoms with Gasteiger partial charge in [-0.2, -0.15) is 13.2 Å². The molecule has 0 bridgehead atoms. The normalized spacial score (nSPS) is 11.7. The predicted octanol–water partition coefficient (Wildman–Crippen LogP) is 2.72. The van der Waals surface area contributed by atoms with Gasteiger partial charge in [0.15, 0.2) is 0 Å². The van der Waals surface area contributed by atoms with Crippen LogP contribution in [0.25, 0.3) is 11.4 Å². The number of pyridine rings is 1. The molecule has 0 aromatic carbocycles. The summed E-state index contributed by atoms with van der Waals surface area (Å²) in [5.74, 6) is 0.192. The first kappa shape index (κ1) is 14.3. The van der Waals surface area contributed by atoms with Crippen LogP contribution in [0.5, 0.6) is 0 Å². The van der Waals surface area contributed by atoms with Gasteiger partial charge in [0.05, 0.1) is 17.5 Å². The summed E-state index contributed by atoms with van der Waals surface area (Å²) in [6.07, 6.45) is -2.25. The van der Waals surface area contributed by atoms with E-state index in [1.54, 1.807) is 7.05 Å². The first-order valence-electron chi connectivity index (χ1n) is 6.10. The summed E-state index contributed by atoms with van der Waals surface area (Å²) in [6.45, 7) is 2.48. The standard InChI is InChI=1S/C12H14F3N5/c1-3-4-16-11-6-8(12(13,14)15)5-9(18-11)10-7-17-19-20(10)2/h5-7H,3-4H2,1-2H3,(H,16,18). The molecule has 0 fully saturated rings. The van der Waals surface area contributed by atoms with Gasteiger partial charge in [-0.05, 0) is 18.6 Å². The fraction of sp³-hybridized carbons (Fsp3) is 0.417. The zero-order valence-corrected chi connectivity index (χ0v) is 11.1. The van der Waals surface area contributed by atoms with Gasteiger partial charge in [0.1, 0.15) is 11.5 Å². The number of aryl methyl sites for hydroxylation is 1. The summed E-state index contributed by atoms with van der Waals surface area (Å²) in [7, 11) is 1.60. The number of rotatable bonds is 4. The second-order valence-electron chi connectivity index (χ2n) is 4.29. The highest BCUT2D eigenvalue weighted by Gasteiger charge is 2.32. The molecule has 2 aromatic rings. The Bertz CT molecular complexity index is 591. The smallest absolute Gasteiger partial charge is 0.370 e. The molecule has 0 saturated heterocycles. The van der Waals surface area contributed by atoms with Crippen LogP contribution in [0.3, 0.4) is 0 Å². The molecule has 0 aliphatic heterocycles. The first-order valence-corrected chi connectivity index (χ1v) is 6.10.